The molecule has 1 aliphatic heterocycles. The molecule has 0 fully saturated rings. The molecular formula is C7H8N2O2. The Labute approximate surface area is 64.1 Å². The Balaban J connectivity index is 3.09. The molecule has 0 bridgehead atoms. The Morgan fingerprint density at radius 1 is 1.73 bits per heavy atom. The Bertz CT molecular complexity index is 283. The predicted octanol–water partition coefficient (Wildman–Crippen LogP) is -0.335. The van der Waals surface area contributed by atoms with Crippen LogP contribution in [0.4, 0.5) is 0 Å². The lowest BCUT2D eigenvalue weighted by Crippen LogP contribution is -2.43. The highest BCUT2D eigenvalue weighted by Gasteiger charge is 2.39. The molecule has 1 aliphatic rings. The molecule has 0 aromatic rings. The van der Waals surface area contributed by atoms with Crippen LogP contribution in [-0.2, 0) is 4.79 Å². The molecule has 11 heavy (non-hydrogen) atoms. The zero-order valence-corrected chi connectivity index (χ0v) is 6.30. The molecule has 1 unspecified atom stereocenters. The number of carbonyl (C=O) groups excluding carboxylic acids is 1. The lowest BCUT2D eigenvalue weighted by Gasteiger charge is -2.15. The third kappa shape index (κ3) is 0.994. The molecule has 1 heterocycles. The number of ketones is 1. The van der Waals surface area contributed by atoms with Gasteiger partial charge in [-0.15, -0.1) is 0 Å². The standard InChI is InChI=1S/C7H8N2O2/c1-4-5(3-8)6(10)7(2,11)9-4/h9,11H,1-2H3. The van der Waals surface area contributed by atoms with Gasteiger partial charge in [0.25, 0.3) is 0 Å². The zero-order valence-electron chi connectivity index (χ0n) is 6.30. The second kappa shape index (κ2) is 2.07. The maximum Gasteiger partial charge on any atom is 0.226 e. The number of hydrogen-bond acceptors (Lipinski definition) is 4. The Kier molecular flexibility index (Phi) is 1.46. The molecule has 0 amide bonds. The van der Waals surface area contributed by atoms with Crippen molar-refractivity contribution in [1.82, 2.24) is 5.32 Å². The smallest absolute Gasteiger partial charge is 0.226 e. The maximum atomic E-state index is 11.1. The molecule has 4 heteroatoms. The Morgan fingerprint density at radius 3 is 2.45 bits per heavy atom. The van der Waals surface area contributed by atoms with Gasteiger partial charge in [-0.2, -0.15) is 5.26 Å². The first-order valence-electron chi connectivity index (χ1n) is 3.15. The Morgan fingerprint density at radius 2 is 2.27 bits per heavy atom. The number of Topliss-reactive ketones (excluding diaryl/α,β-unsaturated/α-hetero) is 1. The van der Waals surface area contributed by atoms with Gasteiger partial charge in [-0.3, -0.25) is 4.79 Å². The second-order valence-corrected chi connectivity index (χ2v) is 2.64. The summed E-state index contributed by atoms with van der Waals surface area (Å²) in [5.74, 6) is -0.558. The quantitative estimate of drug-likeness (QED) is 0.498. The fourth-order valence-corrected chi connectivity index (χ4v) is 1.03. The first-order chi connectivity index (χ1) is 4.99. The number of nitrogens with one attached hydrogen (secondary N) is 1. The van der Waals surface area contributed by atoms with Crippen LogP contribution in [0.1, 0.15) is 13.8 Å². The third-order valence-corrected chi connectivity index (χ3v) is 1.59. The summed E-state index contributed by atoms with van der Waals surface area (Å²) < 4.78 is 0. The highest BCUT2D eigenvalue weighted by molar-refractivity contribution is 6.07. The second-order valence-electron chi connectivity index (χ2n) is 2.64. The molecule has 0 aromatic heterocycles. The van der Waals surface area contributed by atoms with Gasteiger partial charge in [-0.1, -0.05) is 0 Å². The molecule has 0 saturated heterocycles. The number of carbonyl (C=O) groups is 1. The van der Waals surface area contributed by atoms with Crippen molar-refractivity contribution in [3.05, 3.63) is 11.3 Å². The summed E-state index contributed by atoms with van der Waals surface area (Å²) in [5.41, 5.74) is -1.15. The van der Waals surface area contributed by atoms with Gasteiger partial charge < -0.3 is 10.4 Å². The van der Waals surface area contributed by atoms with Crippen LogP contribution in [0.2, 0.25) is 0 Å². The summed E-state index contributed by atoms with van der Waals surface area (Å²) in [6.07, 6.45) is 0. The fraction of sp³-hybridized carbons (Fsp3) is 0.429. The number of nitriles is 1. The minimum Gasteiger partial charge on any atom is -0.365 e. The van der Waals surface area contributed by atoms with Gasteiger partial charge in [0, 0.05) is 5.70 Å². The van der Waals surface area contributed by atoms with Crippen LogP contribution in [0.25, 0.3) is 0 Å². The van der Waals surface area contributed by atoms with E-state index < -0.39 is 11.5 Å². The Hall–Kier alpha value is -1.34. The van der Waals surface area contributed by atoms with Crippen LogP contribution < -0.4 is 5.32 Å². The molecule has 1 atom stereocenters. The number of aliphatic hydroxyl groups is 1. The highest BCUT2D eigenvalue weighted by Crippen LogP contribution is 2.19. The van der Waals surface area contributed by atoms with Crippen LogP contribution in [-0.4, -0.2) is 16.6 Å². The molecule has 0 aromatic carbocycles. The number of rotatable bonds is 0. The van der Waals surface area contributed by atoms with E-state index in [1.54, 1.807) is 13.0 Å². The predicted molar refractivity (Wildman–Crippen MR) is 37.1 cm³/mol. The molecule has 58 valence electrons. The SMILES string of the molecule is CC1=C(C#N)C(=O)C(C)(O)N1. The molecule has 0 saturated carbocycles. The number of hydrogen-bond donors (Lipinski definition) is 2. The van der Waals surface area contributed by atoms with Gasteiger partial charge in [-0.25, -0.2) is 0 Å². The van der Waals surface area contributed by atoms with Crippen LogP contribution in [0.5, 0.6) is 0 Å². The van der Waals surface area contributed by atoms with Crippen LogP contribution in [0, 0.1) is 11.3 Å². The molecule has 2 N–H and O–H groups in total. The van der Waals surface area contributed by atoms with Crippen molar-refractivity contribution in [1.29, 1.82) is 5.26 Å². The van der Waals surface area contributed by atoms with Crippen LogP contribution in [0.3, 0.4) is 0 Å². The van der Waals surface area contributed by atoms with Crippen molar-refractivity contribution in [2.75, 3.05) is 0 Å². The average Bonchev–Trinajstić information content (AvgIpc) is 2.04. The van der Waals surface area contributed by atoms with E-state index in [1.807, 2.05) is 0 Å². The van der Waals surface area contributed by atoms with E-state index in [-0.39, 0.29) is 5.57 Å². The summed E-state index contributed by atoms with van der Waals surface area (Å²) in [6, 6.07) is 1.73. The highest BCUT2D eigenvalue weighted by atomic mass is 16.3. The first kappa shape index (κ1) is 7.76. The normalized spacial score (nSPS) is 30.2. The van der Waals surface area contributed by atoms with Gasteiger partial charge in [0.1, 0.15) is 11.6 Å². The zero-order chi connectivity index (χ0) is 8.65. The van der Waals surface area contributed by atoms with Crippen LogP contribution >= 0.6 is 0 Å². The van der Waals surface area contributed by atoms with Crippen LogP contribution in [0.15, 0.2) is 11.3 Å². The van der Waals surface area contributed by atoms with E-state index in [9.17, 15) is 9.90 Å². The summed E-state index contributed by atoms with van der Waals surface area (Å²) in [7, 11) is 0. The molecule has 0 spiro atoms. The van der Waals surface area contributed by atoms with E-state index in [2.05, 4.69) is 5.32 Å². The van der Waals surface area contributed by atoms with Crippen molar-refractivity contribution in [3.8, 4) is 6.07 Å². The van der Waals surface area contributed by atoms with E-state index >= 15 is 0 Å². The summed E-state index contributed by atoms with van der Waals surface area (Å²) in [4.78, 5) is 11.1. The number of nitrogens with zero attached hydrogens (tertiary/aromatic N) is 1. The summed E-state index contributed by atoms with van der Waals surface area (Å²) in [6.45, 7) is 2.90. The van der Waals surface area contributed by atoms with Crippen molar-refractivity contribution >= 4 is 5.78 Å². The minimum atomic E-state index is -1.59. The van der Waals surface area contributed by atoms with E-state index in [1.165, 1.54) is 6.92 Å². The molecular weight excluding hydrogens is 144 g/mol. The minimum absolute atomic E-state index is 0.00926. The van der Waals surface area contributed by atoms with Gasteiger partial charge in [0.05, 0.1) is 0 Å². The van der Waals surface area contributed by atoms with Crippen molar-refractivity contribution in [2.45, 2.75) is 19.6 Å². The van der Waals surface area contributed by atoms with Crippen molar-refractivity contribution in [3.63, 3.8) is 0 Å². The van der Waals surface area contributed by atoms with E-state index in [0.717, 1.165) is 0 Å². The monoisotopic (exact) mass is 152 g/mol. The third-order valence-electron chi connectivity index (χ3n) is 1.59. The summed E-state index contributed by atoms with van der Waals surface area (Å²) >= 11 is 0. The average molecular weight is 152 g/mol. The fourth-order valence-electron chi connectivity index (χ4n) is 1.03. The van der Waals surface area contributed by atoms with Gasteiger partial charge in [0.2, 0.25) is 5.78 Å². The van der Waals surface area contributed by atoms with Crippen molar-refractivity contribution < 1.29 is 9.90 Å². The van der Waals surface area contributed by atoms with E-state index in [0.29, 0.717) is 5.70 Å². The lowest BCUT2D eigenvalue weighted by molar-refractivity contribution is -0.131. The lowest BCUT2D eigenvalue weighted by atomic mass is 10.1. The number of allylic oxidation sites excluding steroid dienone is 1. The summed E-state index contributed by atoms with van der Waals surface area (Å²) in [5, 5.41) is 20.2. The molecule has 4 nitrogen and oxygen atoms in total. The maximum absolute atomic E-state index is 11.1. The van der Waals surface area contributed by atoms with Crippen molar-refractivity contribution in [2.24, 2.45) is 0 Å². The van der Waals surface area contributed by atoms with Gasteiger partial charge in [0.15, 0.2) is 5.72 Å². The molecule has 1 rings (SSSR count). The van der Waals surface area contributed by atoms with E-state index in [4.69, 9.17) is 5.26 Å². The van der Waals surface area contributed by atoms with Gasteiger partial charge in [-0.05, 0) is 13.8 Å². The topological polar surface area (TPSA) is 73.1 Å². The largest absolute Gasteiger partial charge is 0.365 e. The van der Waals surface area contributed by atoms with Gasteiger partial charge >= 0.3 is 0 Å². The molecule has 0 aliphatic carbocycles. The first-order valence-corrected chi connectivity index (χ1v) is 3.15. The molecule has 0 radical (unpaired) electrons.